The fraction of sp³-hybridized carbons (Fsp3) is 0.333. The second-order valence-electron chi connectivity index (χ2n) is 11.6. The van der Waals surface area contributed by atoms with E-state index < -0.39 is 30.4 Å². The number of benzene rings is 3. The molecule has 0 bridgehead atoms. The van der Waals surface area contributed by atoms with Gasteiger partial charge in [0.1, 0.15) is 12.4 Å². The van der Waals surface area contributed by atoms with Gasteiger partial charge in [-0.15, -0.1) is 0 Å². The summed E-state index contributed by atoms with van der Waals surface area (Å²) in [5, 5.41) is 12.2. The first-order chi connectivity index (χ1) is 20.0. The zero-order chi connectivity index (χ0) is 30.1. The highest BCUT2D eigenvalue weighted by Gasteiger charge is 2.52. The number of carboxylic acid groups (broad SMARTS) is 1. The monoisotopic (exact) mass is 569 g/mol. The number of hydrogen-bond donors (Lipinski definition) is 2. The first-order valence-electron chi connectivity index (χ1n) is 14.0. The van der Waals surface area contributed by atoms with Crippen LogP contribution in [0.4, 0.5) is 4.79 Å². The minimum atomic E-state index is -0.961. The summed E-state index contributed by atoms with van der Waals surface area (Å²) in [7, 11) is 0.776. The van der Waals surface area contributed by atoms with Gasteiger partial charge in [0.25, 0.3) is 0 Å². The number of methoxy groups -OCH3 is 1. The summed E-state index contributed by atoms with van der Waals surface area (Å²) in [6.07, 6.45) is 1.10. The predicted octanol–water partition coefficient (Wildman–Crippen LogP) is 5.88. The lowest BCUT2D eigenvalue weighted by atomic mass is 9.77. The Morgan fingerprint density at radius 2 is 1.55 bits per heavy atom. The van der Waals surface area contributed by atoms with E-state index in [4.69, 9.17) is 18.8 Å². The van der Waals surface area contributed by atoms with Crippen molar-refractivity contribution < 1.29 is 33.5 Å². The highest BCUT2D eigenvalue weighted by atomic mass is 16.7. The molecular weight excluding hydrogens is 533 g/mol. The second kappa shape index (κ2) is 11.7. The largest absolute Gasteiger partial charge is 0.496 e. The quantitative estimate of drug-likeness (QED) is 0.311. The van der Waals surface area contributed by atoms with E-state index in [1.807, 2.05) is 64.1 Å². The molecule has 9 heteroatoms. The standard InChI is InChI=1S/C33H36BNO7/c1-32(2)33(3,4)42-34(41-32)23(17-21-14-15-29(39-5)22(16-21)18-30(36)37)19-35-31(38)40-20-28-26-12-8-6-10-24(26)25-11-7-9-13-27(25)28/h6-17,28H,18-20H2,1-5H3,(H,35,38)(H,36,37). The van der Waals surface area contributed by atoms with Crippen molar-refractivity contribution in [3.63, 3.8) is 0 Å². The van der Waals surface area contributed by atoms with Gasteiger partial charge in [-0.3, -0.25) is 4.79 Å². The van der Waals surface area contributed by atoms with E-state index in [2.05, 4.69) is 29.6 Å². The third-order valence-corrected chi connectivity index (χ3v) is 8.33. The van der Waals surface area contributed by atoms with Gasteiger partial charge in [0.05, 0.1) is 24.7 Å². The van der Waals surface area contributed by atoms with Crippen molar-refractivity contribution in [3.8, 4) is 16.9 Å². The summed E-state index contributed by atoms with van der Waals surface area (Å²) in [6, 6.07) is 21.7. The SMILES string of the molecule is COc1ccc(C=C(CNC(=O)OCC2c3ccccc3-c3ccccc32)B2OC(C)(C)C(C)(C)O2)cc1CC(=O)O. The smallest absolute Gasteiger partial charge is 0.492 e. The molecule has 2 N–H and O–H groups in total. The van der Waals surface area contributed by atoms with Gasteiger partial charge in [0.2, 0.25) is 0 Å². The van der Waals surface area contributed by atoms with Gasteiger partial charge in [-0.25, -0.2) is 4.79 Å². The average Bonchev–Trinajstić information content (AvgIpc) is 3.38. The predicted molar refractivity (Wildman–Crippen MR) is 161 cm³/mol. The van der Waals surface area contributed by atoms with Crippen molar-refractivity contribution in [2.75, 3.05) is 20.3 Å². The van der Waals surface area contributed by atoms with Gasteiger partial charge in [-0.05, 0) is 73.1 Å². The fourth-order valence-electron chi connectivity index (χ4n) is 5.42. The Bertz CT molecular complexity index is 1470. The molecule has 0 saturated carbocycles. The van der Waals surface area contributed by atoms with Crippen LogP contribution < -0.4 is 10.1 Å². The van der Waals surface area contributed by atoms with Crippen LogP contribution in [-0.4, -0.2) is 55.8 Å². The number of carbonyl (C=O) groups excluding carboxylic acids is 1. The molecule has 0 unspecified atom stereocenters. The minimum absolute atomic E-state index is 0.0479. The molecular formula is C33H36BNO7. The summed E-state index contributed by atoms with van der Waals surface area (Å²) in [6.45, 7) is 8.15. The van der Waals surface area contributed by atoms with Crippen LogP contribution in [0.25, 0.3) is 17.2 Å². The normalized spacial score (nSPS) is 17.0. The molecule has 0 aromatic heterocycles. The Morgan fingerprint density at radius 3 is 2.12 bits per heavy atom. The van der Waals surface area contributed by atoms with Gasteiger partial charge >= 0.3 is 19.2 Å². The first kappa shape index (κ1) is 29.4. The average molecular weight is 569 g/mol. The third-order valence-electron chi connectivity index (χ3n) is 8.33. The van der Waals surface area contributed by atoms with E-state index in [1.54, 1.807) is 12.1 Å². The van der Waals surface area contributed by atoms with Crippen molar-refractivity contribution in [1.29, 1.82) is 0 Å². The third kappa shape index (κ3) is 5.94. The molecule has 1 aliphatic carbocycles. The number of amides is 1. The lowest BCUT2D eigenvalue weighted by molar-refractivity contribution is -0.136. The van der Waals surface area contributed by atoms with E-state index in [0.29, 0.717) is 16.8 Å². The number of aliphatic carboxylic acids is 1. The molecule has 0 spiro atoms. The molecule has 3 aromatic rings. The topological polar surface area (TPSA) is 103 Å². The molecule has 1 amide bonds. The Hall–Kier alpha value is -4.08. The highest BCUT2D eigenvalue weighted by molar-refractivity contribution is 6.56. The Labute approximate surface area is 246 Å². The summed E-state index contributed by atoms with van der Waals surface area (Å²) < 4.78 is 23.7. The van der Waals surface area contributed by atoms with Crippen LogP contribution in [-0.2, 0) is 25.3 Å². The highest BCUT2D eigenvalue weighted by Crippen LogP contribution is 2.44. The van der Waals surface area contributed by atoms with Gasteiger partial charge in [0, 0.05) is 18.0 Å². The maximum Gasteiger partial charge on any atom is 0.492 e. The van der Waals surface area contributed by atoms with Crippen molar-refractivity contribution in [2.24, 2.45) is 0 Å². The number of nitrogens with one attached hydrogen (secondary N) is 1. The number of carboxylic acids is 1. The second-order valence-corrected chi connectivity index (χ2v) is 11.6. The van der Waals surface area contributed by atoms with E-state index in [9.17, 15) is 14.7 Å². The van der Waals surface area contributed by atoms with Gasteiger partial charge in [-0.2, -0.15) is 0 Å². The molecule has 1 saturated heterocycles. The lowest BCUT2D eigenvalue weighted by Gasteiger charge is -2.32. The maximum atomic E-state index is 13.0. The molecule has 0 atom stereocenters. The van der Waals surface area contributed by atoms with Gasteiger partial charge in [0.15, 0.2) is 0 Å². The number of fused-ring (bicyclic) bond motifs is 3. The Balaban J connectivity index is 1.34. The summed E-state index contributed by atoms with van der Waals surface area (Å²) >= 11 is 0. The van der Waals surface area contributed by atoms with E-state index in [0.717, 1.165) is 27.8 Å². The van der Waals surface area contributed by atoms with Crippen molar-refractivity contribution in [2.45, 2.75) is 51.2 Å². The molecule has 1 aliphatic heterocycles. The molecule has 3 aromatic carbocycles. The lowest BCUT2D eigenvalue weighted by Crippen LogP contribution is -2.41. The molecule has 8 nitrogen and oxygen atoms in total. The Kier molecular flexibility index (Phi) is 8.17. The number of hydrogen-bond acceptors (Lipinski definition) is 6. The van der Waals surface area contributed by atoms with Gasteiger partial charge in [-0.1, -0.05) is 60.7 Å². The molecule has 0 radical (unpaired) electrons. The van der Waals surface area contributed by atoms with Crippen LogP contribution in [0.5, 0.6) is 5.75 Å². The van der Waals surface area contributed by atoms with E-state index in [-0.39, 0.29) is 25.5 Å². The molecule has 5 rings (SSSR count). The first-order valence-corrected chi connectivity index (χ1v) is 14.0. The molecule has 1 fully saturated rings. The zero-order valence-electron chi connectivity index (χ0n) is 24.6. The summed E-state index contributed by atoms with van der Waals surface area (Å²) in [5.74, 6) is -0.519. The summed E-state index contributed by atoms with van der Waals surface area (Å²) in [5.41, 5.74) is 5.35. The van der Waals surface area contributed by atoms with Crippen molar-refractivity contribution in [1.82, 2.24) is 5.32 Å². The molecule has 218 valence electrons. The van der Waals surface area contributed by atoms with Crippen LogP contribution in [0.3, 0.4) is 0 Å². The number of ether oxygens (including phenoxy) is 2. The van der Waals surface area contributed by atoms with Crippen LogP contribution >= 0.6 is 0 Å². The molecule has 42 heavy (non-hydrogen) atoms. The Morgan fingerprint density at radius 1 is 0.952 bits per heavy atom. The van der Waals surface area contributed by atoms with E-state index in [1.165, 1.54) is 7.11 Å². The molecule has 1 heterocycles. The fourth-order valence-corrected chi connectivity index (χ4v) is 5.42. The van der Waals surface area contributed by atoms with Crippen LogP contribution in [0.2, 0.25) is 0 Å². The zero-order valence-corrected chi connectivity index (χ0v) is 24.6. The van der Waals surface area contributed by atoms with E-state index >= 15 is 0 Å². The maximum absolute atomic E-state index is 13.0. The van der Waals surface area contributed by atoms with Gasteiger partial charge < -0.3 is 29.2 Å². The number of alkyl carbamates (subject to hydrolysis) is 1. The van der Waals surface area contributed by atoms with Crippen molar-refractivity contribution >= 4 is 25.3 Å². The van der Waals surface area contributed by atoms with Crippen LogP contribution in [0.1, 0.15) is 55.9 Å². The van der Waals surface area contributed by atoms with Crippen molar-refractivity contribution in [3.05, 3.63) is 94.5 Å². The summed E-state index contributed by atoms with van der Waals surface area (Å²) in [4.78, 5) is 24.4. The van der Waals surface area contributed by atoms with Crippen LogP contribution in [0.15, 0.2) is 72.2 Å². The van der Waals surface area contributed by atoms with Crippen LogP contribution in [0, 0.1) is 0 Å². The molecule has 2 aliphatic rings. The number of carbonyl (C=O) groups is 2. The number of rotatable bonds is 9. The minimum Gasteiger partial charge on any atom is -0.496 e.